The quantitative estimate of drug-likeness (QED) is 0.886. The van der Waals surface area contributed by atoms with Crippen LogP contribution in [-0.2, 0) is 17.6 Å². The first-order valence-electron chi connectivity index (χ1n) is 8.31. The highest BCUT2D eigenvalue weighted by Crippen LogP contribution is 2.25. The lowest BCUT2D eigenvalue weighted by Crippen LogP contribution is -2.47. The van der Waals surface area contributed by atoms with E-state index in [1.54, 1.807) is 12.1 Å². The number of benzene rings is 1. The van der Waals surface area contributed by atoms with E-state index in [-0.39, 0.29) is 23.5 Å². The highest BCUT2D eigenvalue weighted by molar-refractivity contribution is 6.00. The van der Waals surface area contributed by atoms with Crippen LogP contribution in [0.25, 0.3) is 0 Å². The molecule has 2 aromatic rings. The van der Waals surface area contributed by atoms with Crippen LogP contribution in [0.15, 0.2) is 41.0 Å². The molecule has 5 nitrogen and oxygen atoms in total. The van der Waals surface area contributed by atoms with Crippen molar-refractivity contribution in [2.45, 2.75) is 39.2 Å². The van der Waals surface area contributed by atoms with Crippen molar-refractivity contribution < 1.29 is 14.0 Å². The zero-order valence-corrected chi connectivity index (χ0v) is 14.0. The molecule has 0 fully saturated rings. The van der Waals surface area contributed by atoms with Gasteiger partial charge in [-0.2, -0.15) is 0 Å². The van der Waals surface area contributed by atoms with Crippen molar-refractivity contribution in [1.29, 1.82) is 0 Å². The molecule has 0 saturated carbocycles. The number of anilines is 1. The number of hydrogen-bond donors (Lipinski definition) is 2. The number of nitrogens with one attached hydrogen (secondary N) is 2. The van der Waals surface area contributed by atoms with Gasteiger partial charge in [-0.05, 0) is 60.6 Å². The Hall–Kier alpha value is -2.56. The van der Waals surface area contributed by atoms with Gasteiger partial charge >= 0.3 is 0 Å². The Morgan fingerprint density at radius 2 is 1.92 bits per heavy atom. The first-order valence-corrected chi connectivity index (χ1v) is 8.31. The van der Waals surface area contributed by atoms with Crippen LogP contribution in [0.1, 0.15) is 41.9 Å². The molecule has 0 saturated heterocycles. The molecule has 1 atom stereocenters. The number of aryl methyl sites for hydroxylation is 2. The minimum absolute atomic E-state index is 0.0432. The molecule has 24 heavy (non-hydrogen) atoms. The molecule has 0 unspecified atom stereocenters. The van der Waals surface area contributed by atoms with Crippen LogP contribution >= 0.6 is 0 Å². The molecule has 1 aliphatic rings. The van der Waals surface area contributed by atoms with Gasteiger partial charge in [0.1, 0.15) is 6.04 Å². The van der Waals surface area contributed by atoms with E-state index in [9.17, 15) is 9.59 Å². The number of rotatable bonds is 5. The summed E-state index contributed by atoms with van der Waals surface area (Å²) in [7, 11) is 0. The maximum Gasteiger partial charge on any atom is 0.287 e. The number of amides is 2. The van der Waals surface area contributed by atoms with Crippen LogP contribution in [-0.4, -0.2) is 17.9 Å². The van der Waals surface area contributed by atoms with Crippen molar-refractivity contribution in [3.63, 3.8) is 0 Å². The van der Waals surface area contributed by atoms with E-state index in [0.717, 1.165) is 18.5 Å². The molecular weight excluding hydrogens is 304 g/mol. The standard InChI is InChI=1S/C19H22N2O3/c1-12(2)17(21-18(22)16-7-4-10-24-16)19(23)20-15-9-8-13-5-3-6-14(13)11-15/h4,7-12,17H,3,5-6H2,1-2H3,(H,20,23)(H,21,22)/t17-/m0/s1. The summed E-state index contributed by atoms with van der Waals surface area (Å²) in [5, 5.41) is 5.67. The summed E-state index contributed by atoms with van der Waals surface area (Å²) in [5.74, 6) is -0.449. The lowest BCUT2D eigenvalue weighted by Gasteiger charge is -2.21. The first-order chi connectivity index (χ1) is 11.5. The molecule has 3 rings (SSSR count). The molecule has 5 heteroatoms. The molecule has 0 bridgehead atoms. The Balaban J connectivity index is 1.69. The van der Waals surface area contributed by atoms with Crippen molar-refractivity contribution in [2.24, 2.45) is 5.92 Å². The molecule has 1 aliphatic carbocycles. The minimum atomic E-state index is -0.629. The molecule has 1 heterocycles. The smallest absolute Gasteiger partial charge is 0.287 e. The van der Waals surface area contributed by atoms with Gasteiger partial charge in [0.05, 0.1) is 6.26 Å². The summed E-state index contributed by atoms with van der Waals surface area (Å²) in [6.07, 6.45) is 4.77. The Bertz CT molecular complexity index is 735. The Kier molecular flexibility index (Phi) is 4.69. The number of carbonyl (C=O) groups excluding carboxylic acids is 2. The van der Waals surface area contributed by atoms with E-state index in [4.69, 9.17) is 4.42 Å². The van der Waals surface area contributed by atoms with E-state index in [2.05, 4.69) is 16.7 Å². The van der Waals surface area contributed by atoms with E-state index in [1.165, 1.54) is 23.8 Å². The van der Waals surface area contributed by atoms with Crippen molar-refractivity contribution >= 4 is 17.5 Å². The summed E-state index contributed by atoms with van der Waals surface area (Å²) in [6, 6.07) is 8.62. The third-order valence-electron chi connectivity index (χ3n) is 4.35. The monoisotopic (exact) mass is 326 g/mol. The Morgan fingerprint density at radius 1 is 1.12 bits per heavy atom. The molecule has 0 spiro atoms. The summed E-state index contributed by atoms with van der Waals surface area (Å²) in [4.78, 5) is 24.7. The first kappa shape index (κ1) is 16.3. The van der Waals surface area contributed by atoms with Crippen LogP contribution in [0.2, 0.25) is 0 Å². The molecule has 126 valence electrons. The zero-order chi connectivity index (χ0) is 17.1. The van der Waals surface area contributed by atoms with Gasteiger partial charge in [0, 0.05) is 5.69 Å². The van der Waals surface area contributed by atoms with Gasteiger partial charge in [0.15, 0.2) is 5.76 Å². The second-order valence-electron chi connectivity index (χ2n) is 6.50. The average Bonchev–Trinajstić information content (AvgIpc) is 3.22. The Labute approximate surface area is 141 Å². The van der Waals surface area contributed by atoms with Gasteiger partial charge in [-0.1, -0.05) is 19.9 Å². The molecule has 1 aromatic heterocycles. The highest BCUT2D eigenvalue weighted by Gasteiger charge is 2.26. The summed E-state index contributed by atoms with van der Waals surface area (Å²) in [6.45, 7) is 3.80. The van der Waals surface area contributed by atoms with Gasteiger partial charge < -0.3 is 15.1 Å². The van der Waals surface area contributed by atoms with E-state index >= 15 is 0 Å². The lowest BCUT2D eigenvalue weighted by atomic mass is 10.0. The van der Waals surface area contributed by atoms with Crippen LogP contribution in [0.4, 0.5) is 5.69 Å². The van der Waals surface area contributed by atoms with Crippen LogP contribution in [0, 0.1) is 5.92 Å². The van der Waals surface area contributed by atoms with Gasteiger partial charge in [-0.15, -0.1) is 0 Å². The largest absolute Gasteiger partial charge is 0.459 e. The van der Waals surface area contributed by atoms with Crippen molar-refractivity contribution in [1.82, 2.24) is 5.32 Å². The van der Waals surface area contributed by atoms with E-state index < -0.39 is 6.04 Å². The molecular formula is C19H22N2O3. The van der Waals surface area contributed by atoms with Gasteiger partial charge in [0.2, 0.25) is 5.91 Å². The predicted molar refractivity (Wildman–Crippen MR) is 91.9 cm³/mol. The van der Waals surface area contributed by atoms with Crippen molar-refractivity contribution in [2.75, 3.05) is 5.32 Å². The molecule has 0 aliphatic heterocycles. The normalized spacial score (nSPS) is 14.3. The van der Waals surface area contributed by atoms with E-state index in [1.807, 2.05) is 26.0 Å². The fourth-order valence-electron chi connectivity index (χ4n) is 3.02. The highest BCUT2D eigenvalue weighted by atomic mass is 16.3. The number of hydrogen-bond acceptors (Lipinski definition) is 3. The van der Waals surface area contributed by atoms with Crippen LogP contribution < -0.4 is 10.6 Å². The second-order valence-corrected chi connectivity index (χ2v) is 6.50. The van der Waals surface area contributed by atoms with Gasteiger partial charge in [-0.25, -0.2) is 0 Å². The third kappa shape index (κ3) is 3.50. The fourth-order valence-corrected chi connectivity index (χ4v) is 3.02. The zero-order valence-electron chi connectivity index (χ0n) is 14.0. The summed E-state index contributed by atoms with van der Waals surface area (Å²) >= 11 is 0. The van der Waals surface area contributed by atoms with E-state index in [0.29, 0.717) is 0 Å². The van der Waals surface area contributed by atoms with Crippen LogP contribution in [0.3, 0.4) is 0 Å². The fraction of sp³-hybridized carbons (Fsp3) is 0.368. The molecule has 0 radical (unpaired) electrons. The molecule has 2 amide bonds. The number of carbonyl (C=O) groups is 2. The SMILES string of the molecule is CC(C)[C@H](NC(=O)c1ccco1)C(=O)Nc1ccc2c(c1)CCC2. The Morgan fingerprint density at radius 3 is 2.62 bits per heavy atom. The lowest BCUT2D eigenvalue weighted by molar-refractivity contribution is -0.118. The summed E-state index contributed by atoms with van der Waals surface area (Å²) < 4.78 is 5.08. The predicted octanol–water partition coefficient (Wildman–Crippen LogP) is 3.16. The second kappa shape index (κ2) is 6.91. The average molecular weight is 326 g/mol. The van der Waals surface area contributed by atoms with Gasteiger partial charge in [-0.3, -0.25) is 9.59 Å². The van der Waals surface area contributed by atoms with Crippen molar-refractivity contribution in [3.05, 3.63) is 53.5 Å². The minimum Gasteiger partial charge on any atom is -0.459 e. The molecule has 2 N–H and O–H groups in total. The van der Waals surface area contributed by atoms with Crippen molar-refractivity contribution in [3.8, 4) is 0 Å². The van der Waals surface area contributed by atoms with Gasteiger partial charge in [0.25, 0.3) is 5.91 Å². The third-order valence-corrected chi connectivity index (χ3v) is 4.35. The maximum atomic E-state index is 12.6. The number of furan rings is 1. The molecule has 1 aromatic carbocycles. The van der Waals surface area contributed by atoms with Crippen LogP contribution in [0.5, 0.6) is 0 Å². The number of fused-ring (bicyclic) bond motifs is 1. The topological polar surface area (TPSA) is 71.3 Å². The summed E-state index contributed by atoms with van der Waals surface area (Å²) in [5.41, 5.74) is 3.44. The maximum absolute atomic E-state index is 12.6.